The van der Waals surface area contributed by atoms with E-state index in [9.17, 15) is 9.90 Å². The normalized spacial score (nSPS) is 10.4. The van der Waals surface area contributed by atoms with Crippen molar-refractivity contribution in [3.05, 3.63) is 86.7 Å². The van der Waals surface area contributed by atoms with Crippen LogP contribution in [-0.2, 0) is 0 Å². The molecule has 2 rings (SSSR count). The maximum absolute atomic E-state index is 12.4. The Hall–Kier alpha value is -3.25. The fourth-order valence-corrected chi connectivity index (χ4v) is 2.29. The third-order valence-corrected chi connectivity index (χ3v) is 3.99. The molecule has 0 bridgehead atoms. The van der Waals surface area contributed by atoms with Crippen molar-refractivity contribution >= 4 is 35.2 Å². The van der Waals surface area contributed by atoms with Crippen LogP contribution in [0.25, 0.3) is 6.08 Å². The van der Waals surface area contributed by atoms with Gasteiger partial charge in [-0.05, 0) is 35.9 Å². The molecule has 0 aliphatic rings. The second kappa shape index (κ2) is 8.73. The summed E-state index contributed by atoms with van der Waals surface area (Å²) in [6, 6.07) is 16.1. The molecule has 7 heteroatoms. The van der Waals surface area contributed by atoms with Crippen molar-refractivity contribution in [1.29, 1.82) is 10.5 Å². The molecule has 0 saturated carbocycles. The third-order valence-electron chi connectivity index (χ3n) is 3.25. The van der Waals surface area contributed by atoms with Crippen LogP contribution in [0.3, 0.4) is 0 Å². The Kier molecular flexibility index (Phi) is 6.41. The molecule has 0 saturated heterocycles. The lowest BCUT2D eigenvalue weighted by molar-refractivity contribution is 0.0964. The van der Waals surface area contributed by atoms with E-state index in [1.165, 1.54) is 12.1 Å². The van der Waals surface area contributed by atoms with Crippen LogP contribution in [0.15, 0.2) is 65.6 Å². The Morgan fingerprint density at radius 3 is 2.27 bits per heavy atom. The number of hydrogen-bond acceptors (Lipinski definition) is 4. The van der Waals surface area contributed by atoms with E-state index in [0.29, 0.717) is 16.1 Å². The number of halogens is 2. The molecule has 0 atom stereocenters. The number of allylic oxidation sites excluding steroid dienone is 1. The van der Waals surface area contributed by atoms with E-state index < -0.39 is 17.2 Å². The highest BCUT2D eigenvalue weighted by Crippen LogP contribution is 2.24. The average Bonchev–Trinajstić information content (AvgIpc) is 2.65. The zero-order valence-corrected chi connectivity index (χ0v) is 14.7. The fraction of sp³-hybridized carbons (Fsp3) is 0. The third kappa shape index (κ3) is 4.64. The van der Waals surface area contributed by atoms with Gasteiger partial charge in [0.1, 0.15) is 12.1 Å². The molecule has 0 aromatic heterocycles. The van der Waals surface area contributed by atoms with Crippen LogP contribution in [0.1, 0.15) is 15.9 Å². The average molecular weight is 384 g/mol. The summed E-state index contributed by atoms with van der Waals surface area (Å²) in [5.74, 6) is -1.16. The molecule has 2 aromatic rings. The van der Waals surface area contributed by atoms with Crippen LogP contribution in [-0.4, -0.2) is 11.0 Å². The van der Waals surface area contributed by atoms with E-state index in [4.69, 9.17) is 33.7 Å². The lowest BCUT2D eigenvalue weighted by Gasteiger charge is -2.10. The molecule has 5 nitrogen and oxygen atoms in total. The van der Waals surface area contributed by atoms with Gasteiger partial charge in [-0.3, -0.25) is 4.79 Å². The number of carbonyl (C=O) groups is 1. The summed E-state index contributed by atoms with van der Waals surface area (Å²) in [7, 11) is 0. The first-order valence-corrected chi connectivity index (χ1v) is 7.98. The Labute approximate surface area is 160 Å². The first-order chi connectivity index (χ1) is 12.5. The highest BCUT2D eigenvalue weighted by Gasteiger charge is 2.15. The summed E-state index contributed by atoms with van der Waals surface area (Å²) in [6.07, 6.45) is 1.38. The predicted octanol–water partition coefficient (Wildman–Crippen LogP) is 4.62. The number of rotatable bonds is 4. The van der Waals surface area contributed by atoms with Crippen LogP contribution in [0, 0.1) is 22.7 Å². The maximum atomic E-state index is 12.4. The molecule has 0 aliphatic heterocycles. The number of benzene rings is 2. The van der Waals surface area contributed by atoms with Gasteiger partial charge in [0, 0.05) is 5.56 Å². The van der Waals surface area contributed by atoms with Gasteiger partial charge in [-0.1, -0.05) is 47.5 Å². The number of aliphatic hydroxyl groups excluding tert-OH is 1. The monoisotopic (exact) mass is 383 g/mol. The summed E-state index contributed by atoms with van der Waals surface area (Å²) in [6.45, 7) is 0. The maximum Gasteiger partial charge on any atom is 0.255 e. The molecule has 0 unspecified atom stereocenters. The fourth-order valence-electron chi connectivity index (χ4n) is 1.98. The zero-order valence-electron chi connectivity index (χ0n) is 13.2. The van der Waals surface area contributed by atoms with Crippen LogP contribution < -0.4 is 5.32 Å². The SMILES string of the molecule is N#CC(C#N)=C(O)C(=Cc1ccc(Cl)c(Cl)c1)NC(=O)c1ccccc1. The molecule has 2 N–H and O–H groups in total. The highest BCUT2D eigenvalue weighted by molar-refractivity contribution is 6.42. The predicted molar refractivity (Wildman–Crippen MR) is 99.2 cm³/mol. The van der Waals surface area contributed by atoms with Crippen LogP contribution >= 0.6 is 23.2 Å². The summed E-state index contributed by atoms with van der Waals surface area (Å²) >= 11 is 11.8. The van der Waals surface area contributed by atoms with Gasteiger partial charge in [0.2, 0.25) is 0 Å². The van der Waals surface area contributed by atoms with Gasteiger partial charge in [0.15, 0.2) is 11.3 Å². The second-order valence-corrected chi connectivity index (χ2v) is 5.81. The quantitative estimate of drug-likeness (QED) is 0.457. The van der Waals surface area contributed by atoms with Crippen molar-refractivity contribution in [2.24, 2.45) is 0 Å². The Morgan fingerprint density at radius 1 is 1.04 bits per heavy atom. The number of hydrogen-bond donors (Lipinski definition) is 2. The Bertz CT molecular complexity index is 968. The number of nitriles is 2. The van der Waals surface area contributed by atoms with Crippen LogP contribution in [0.5, 0.6) is 0 Å². The Balaban J connectivity index is 2.49. The van der Waals surface area contributed by atoms with E-state index in [-0.39, 0.29) is 10.7 Å². The van der Waals surface area contributed by atoms with Crippen molar-refractivity contribution in [1.82, 2.24) is 5.32 Å². The summed E-state index contributed by atoms with van der Waals surface area (Å²) in [5.41, 5.74) is 0.195. The van der Waals surface area contributed by atoms with Crippen molar-refractivity contribution in [2.45, 2.75) is 0 Å². The summed E-state index contributed by atoms with van der Waals surface area (Å²) in [5, 5.41) is 31.3. The van der Waals surface area contributed by atoms with Crippen molar-refractivity contribution in [2.75, 3.05) is 0 Å². The molecule has 0 spiro atoms. The molecule has 0 radical (unpaired) electrons. The van der Waals surface area contributed by atoms with Gasteiger partial charge in [-0.2, -0.15) is 10.5 Å². The molecule has 128 valence electrons. The molecule has 2 aromatic carbocycles. The van der Waals surface area contributed by atoms with Crippen LogP contribution in [0.4, 0.5) is 0 Å². The Morgan fingerprint density at radius 2 is 1.69 bits per heavy atom. The highest BCUT2D eigenvalue weighted by atomic mass is 35.5. The lowest BCUT2D eigenvalue weighted by Crippen LogP contribution is -2.24. The first-order valence-electron chi connectivity index (χ1n) is 7.23. The number of aliphatic hydroxyl groups is 1. The van der Waals surface area contributed by atoms with Crippen LogP contribution in [0.2, 0.25) is 10.0 Å². The van der Waals surface area contributed by atoms with E-state index in [1.807, 2.05) is 0 Å². The number of nitrogens with zero attached hydrogens (tertiary/aromatic N) is 2. The number of amides is 1. The smallest absolute Gasteiger partial charge is 0.255 e. The molecular formula is C19H11Cl2N3O2. The molecule has 1 amide bonds. The summed E-state index contributed by atoms with van der Waals surface area (Å²) in [4.78, 5) is 12.4. The van der Waals surface area contributed by atoms with E-state index >= 15 is 0 Å². The van der Waals surface area contributed by atoms with Gasteiger partial charge in [0.25, 0.3) is 5.91 Å². The van der Waals surface area contributed by atoms with Crippen molar-refractivity contribution in [3.8, 4) is 12.1 Å². The van der Waals surface area contributed by atoms with Gasteiger partial charge >= 0.3 is 0 Å². The molecular weight excluding hydrogens is 373 g/mol. The van der Waals surface area contributed by atoms with Crippen molar-refractivity contribution < 1.29 is 9.90 Å². The lowest BCUT2D eigenvalue weighted by atomic mass is 10.1. The van der Waals surface area contributed by atoms with Gasteiger partial charge in [-0.25, -0.2) is 0 Å². The summed E-state index contributed by atoms with van der Waals surface area (Å²) < 4.78 is 0. The van der Waals surface area contributed by atoms with E-state index in [2.05, 4.69) is 5.32 Å². The molecule has 0 heterocycles. The molecule has 0 aliphatic carbocycles. The van der Waals surface area contributed by atoms with E-state index in [0.717, 1.165) is 0 Å². The second-order valence-electron chi connectivity index (χ2n) is 5.00. The molecule has 0 fully saturated rings. The molecule has 26 heavy (non-hydrogen) atoms. The largest absolute Gasteiger partial charge is 0.504 e. The topological polar surface area (TPSA) is 96.9 Å². The van der Waals surface area contributed by atoms with Gasteiger partial charge < -0.3 is 10.4 Å². The zero-order chi connectivity index (χ0) is 19.1. The van der Waals surface area contributed by atoms with Crippen molar-refractivity contribution in [3.63, 3.8) is 0 Å². The first kappa shape index (κ1) is 19.1. The number of carbonyl (C=O) groups excluding carboxylic acids is 1. The van der Waals surface area contributed by atoms with E-state index in [1.54, 1.807) is 54.6 Å². The number of nitrogens with one attached hydrogen (secondary N) is 1. The minimum atomic E-state index is -0.648. The van der Waals surface area contributed by atoms with Gasteiger partial charge in [-0.15, -0.1) is 0 Å². The minimum Gasteiger partial charge on any atom is -0.504 e. The standard InChI is InChI=1S/C19H11Cl2N3O2/c20-15-7-6-12(8-16(15)21)9-17(18(25)14(10-22)11-23)24-19(26)13-4-2-1-3-5-13/h1-9,25H,(H,24,26). The van der Waals surface area contributed by atoms with Gasteiger partial charge in [0.05, 0.1) is 15.7 Å². The minimum absolute atomic E-state index is 0.115.